The summed E-state index contributed by atoms with van der Waals surface area (Å²) in [5.41, 5.74) is 0.846. The average Bonchev–Trinajstić information content (AvgIpc) is 3.23. The Morgan fingerprint density at radius 2 is 1.82 bits per heavy atom. The van der Waals surface area contributed by atoms with Crippen LogP contribution < -0.4 is 5.06 Å². The van der Waals surface area contributed by atoms with Gasteiger partial charge in [-0.05, 0) is 23.6 Å². The Labute approximate surface area is 131 Å². The van der Waals surface area contributed by atoms with Gasteiger partial charge in [-0.3, -0.25) is 19.3 Å². The number of hydrogen-bond acceptors (Lipinski definition) is 5. The summed E-state index contributed by atoms with van der Waals surface area (Å²) in [6.45, 7) is 0. The standard InChI is InChI=1S/C16H14N2O3S/c1-17-15(19)12-13(11-8-5-9-22-11)18(21-14(12)16(17)20)10-6-3-2-4-7-10/h2-9,12-14H,1H3/t12-,13+,14-/m0/s1. The highest BCUT2D eigenvalue weighted by molar-refractivity contribution is 7.10. The second-order valence-corrected chi connectivity index (χ2v) is 6.39. The molecule has 0 saturated carbocycles. The van der Waals surface area contributed by atoms with Crippen molar-refractivity contribution in [1.82, 2.24) is 4.90 Å². The number of thiophene rings is 1. The highest BCUT2D eigenvalue weighted by Crippen LogP contribution is 2.47. The number of nitrogens with zero attached hydrogens (tertiary/aromatic N) is 2. The molecule has 2 aliphatic heterocycles. The number of para-hydroxylation sites is 1. The van der Waals surface area contributed by atoms with Crippen LogP contribution in [0.1, 0.15) is 10.9 Å². The van der Waals surface area contributed by atoms with Gasteiger partial charge in [0.05, 0.1) is 5.69 Å². The maximum atomic E-state index is 12.5. The van der Waals surface area contributed by atoms with Crippen molar-refractivity contribution in [2.75, 3.05) is 12.1 Å². The lowest BCUT2D eigenvalue weighted by molar-refractivity contribution is -0.141. The van der Waals surface area contributed by atoms with Gasteiger partial charge in [-0.2, -0.15) is 0 Å². The SMILES string of the molecule is CN1C(=O)[C@@H]2[C@H](ON(c3ccccc3)[C@@H]2c2cccs2)C1=O. The Kier molecular flexibility index (Phi) is 3.02. The highest BCUT2D eigenvalue weighted by Gasteiger charge is 2.59. The van der Waals surface area contributed by atoms with E-state index in [-0.39, 0.29) is 17.9 Å². The van der Waals surface area contributed by atoms with Gasteiger partial charge in [-0.1, -0.05) is 24.3 Å². The van der Waals surface area contributed by atoms with Crippen molar-refractivity contribution in [2.24, 2.45) is 5.92 Å². The molecule has 6 heteroatoms. The average molecular weight is 314 g/mol. The van der Waals surface area contributed by atoms with Gasteiger partial charge in [-0.15, -0.1) is 11.3 Å². The maximum Gasteiger partial charge on any atom is 0.261 e. The first-order valence-corrected chi connectivity index (χ1v) is 7.92. The van der Waals surface area contributed by atoms with Crippen LogP contribution in [0.3, 0.4) is 0 Å². The predicted octanol–water partition coefficient (Wildman–Crippen LogP) is 2.22. The van der Waals surface area contributed by atoms with Crippen molar-refractivity contribution in [3.8, 4) is 0 Å². The van der Waals surface area contributed by atoms with E-state index >= 15 is 0 Å². The zero-order chi connectivity index (χ0) is 15.3. The summed E-state index contributed by atoms with van der Waals surface area (Å²) in [5, 5.41) is 3.68. The van der Waals surface area contributed by atoms with E-state index in [4.69, 9.17) is 4.84 Å². The van der Waals surface area contributed by atoms with Gasteiger partial charge in [0.15, 0.2) is 6.10 Å². The molecule has 112 valence electrons. The number of anilines is 1. The Hall–Kier alpha value is -2.18. The lowest BCUT2D eigenvalue weighted by atomic mass is 9.95. The number of hydroxylamine groups is 1. The minimum Gasteiger partial charge on any atom is -0.283 e. The Balaban J connectivity index is 1.80. The summed E-state index contributed by atoms with van der Waals surface area (Å²) in [6.07, 6.45) is -0.732. The van der Waals surface area contributed by atoms with Crippen LogP contribution in [0.25, 0.3) is 0 Å². The van der Waals surface area contributed by atoms with Crippen molar-refractivity contribution >= 4 is 28.8 Å². The number of likely N-dealkylation sites (N-methyl/N-ethyl adjacent to an activating group) is 1. The van der Waals surface area contributed by atoms with Crippen molar-refractivity contribution in [3.63, 3.8) is 0 Å². The first kappa shape index (κ1) is 13.5. The largest absolute Gasteiger partial charge is 0.283 e. The van der Waals surface area contributed by atoms with E-state index in [2.05, 4.69) is 0 Å². The first-order chi connectivity index (χ1) is 10.7. The van der Waals surface area contributed by atoms with Crippen molar-refractivity contribution in [3.05, 3.63) is 52.7 Å². The number of carbonyl (C=O) groups excluding carboxylic acids is 2. The van der Waals surface area contributed by atoms with E-state index in [1.54, 1.807) is 16.4 Å². The van der Waals surface area contributed by atoms with Crippen LogP contribution in [-0.2, 0) is 14.4 Å². The van der Waals surface area contributed by atoms with Gasteiger partial charge in [0.2, 0.25) is 5.91 Å². The first-order valence-electron chi connectivity index (χ1n) is 7.04. The number of hydrogen-bond donors (Lipinski definition) is 0. The molecule has 0 unspecified atom stereocenters. The van der Waals surface area contributed by atoms with Gasteiger partial charge in [-0.25, -0.2) is 5.06 Å². The zero-order valence-corrected chi connectivity index (χ0v) is 12.7. The van der Waals surface area contributed by atoms with Gasteiger partial charge >= 0.3 is 0 Å². The highest BCUT2D eigenvalue weighted by atomic mass is 32.1. The van der Waals surface area contributed by atoms with E-state index in [0.717, 1.165) is 10.6 Å². The summed E-state index contributed by atoms with van der Waals surface area (Å²) >= 11 is 1.57. The summed E-state index contributed by atoms with van der Waals surface area (Å²) in [6, 6.07) is 13.2. The van der Waals surface area contributed by atoms with Gasteiger partial charge in [0.25, 0.3) is 5.91 Å². The molecule has 0 aliphatic carbocycles. The number of carbonyl (C=O) groups is 2. The topological polar surface area (TPSA) is 49.9 Å². The molecule has 0 bridgehead atoms. The molecule has 0 spiro atoms. The smallest absolute Gasteiger partial charge is 0.261 e. The Morgan fingerprint density at radius 1 is 1.05 bits per heavy atom. The van der Waals surface area contributed by atoms with E-state index in [1.165, 1.54) is 11.9 Å². The number of amides is 2. The Bertz CT molecular complexity index is 716. The fraction of sp³-hybridized carbons (Fsp3) is 0.250. The van der Waals surface area contributed by atoms with Gasteiger partial charge in [0.1, 0.15) is 12.0 Å². The number of fused-ring (bicyclic) bond motifs is 1. The predicted molar refractivity (Wildman–Crippen MR) is 82.1 cm³/mol. The van der Waals surface area contributed by atoms with Crippen LogP contribution in [0, 0.1) is 5.92 Å². The molecule has 2 aliphatic rings. The number of imide groups is 1. The molecule has 2 fully saturated rings. The van der Waals surface area contributed by atoms with Gasteiger partial charge in [0, 0.05) is 11.9 Å². The lowest BCUT2D eigenvalue weighted by Gasteiger charge is -2.26. The van der Waals surface area contributed by atoms with Gasteiger partial charge < -0.3 is 0 Å². The molecule has 22 heavy (non-hydrogen) atoms. The molecule has 1 aromatic carbocycles. The zero-order valence-electron chi connectivity index (χ0n) is 11.9. The van der Waals surface area contributed by atoms with Crippen LogP contribution in [0.15, 0.2) is 47.8 Å². The van der Waals surface area contributed by atoms with Crippen LogP contribution in [0.5, 0.6) is 0 Å². The molecular weight excluding hydrogens is 300 g/mol. The quantitative estimate of drug-likeness (QED) is 0.798. The third kappa shape index (κ3) is 1.81. The molecule has 1 aromatic heterocycles. The molecular formula is C16H14N2O3S. The minimum absolute atomic E-state index is 0.174. The van der Waals surface area contributed by atoms with E-state index < -0.39 is 12.0 Å². The lowest BCUT2D eigenvalue weighted by Crippen LogP contribution is -2.34. The molecule has 2 saturated heterocycles. The van der Waals surface area contributed by atoms with Crippen LogP contribution >= 0.6 is 11.3 Å². The number of likely N-dealkylation sites (tertiary alicyclic amines) is 1. The monoisotopic (exact) mass is 314 g/mol. The van der Waals surface area contributed by atoms with Crippen LogP contribution in [0.4, 0.5) is 5.69 Å². The molecule has 3 heterocycles. The number of benzene rings is 1. The van der Waals surface area contributed by atoms with Crippen molar-refractivity contribution < 1.29 is 14.4 Å². The van der Waals surface area contributed by atoms with E-state index in [9.17, 15) is 9.59 Å². The van der Waals surface area contributed by atoms with Crippen LogP contribution in [0.2, 0.25) is 0 Å². The summed E-state index contributed by atoms with van der Waals surface area (Å²) < 4.78 is 0. The van der Waals surface area contributed by atoms with E-state index in [1.807, 2.05) is 47.8 Å². The molecule has 4 rings (SSSR count). The van der Waals surface area contributed by atoms with Crippen molar-refractivity contribution in [2.45, 2.75) is 12.1 Å². The molecule has 0 N–H and O–H groups in total. The third-order valence-electron chi connectivity index (χ3n) is 4.18. The molecule has 5 nitrogen and oxygen atoms in total. The second-order valence-electron chi connectivity index (χ2n) is 5.41. The second kappa shape index (κ2) is 4.93. The molecule has 3 atom stereocenters. The van der Waals surface area contributed by atoms with Crippen molar-refractivity contribution in [1.29, 1.82) is 0 Å². The third-order valence-corrected chi connectivity index (χ3v) is 5.12. The fourth-order valence-electron chi connectivity index (χ4n) is 3.10. The summed E-state index contributed by atoms with van der Waals surface area (Å²) in [4.78, 5) is 32.8. The number of rotatable bonds is 2. The summed E-state index contributed by atoms with van der Waals surface area (Å²) in [7, 11) is 1.52. The Morgan fingerprint density at radius 3 is 2.50 bits per heavy atom. The minimum atomic E-state index is -0.732. The maximum absolute atomic E-state index is 12.5. The normalized spacial score (nSPS) is 27.6. The van der Waals surface area contributed by atoms with Crippen LogP contribution in [-0.4, -0.2) is 29.9 Å². The molecule has 2 amide bonds. The molecule has 0 radical (unpaired) electrons. The summed E-state index contributed by atoms with van der Waals surface area (Å²) in [5.74, 6) is -0.932. The molecule has 2 aromatic rings. The van der Waals surface area contributed by atoms with E-state index in [0.29, 0.717) is 0 Å². The fourth-order valence-corrected chi connectivity index (χ4v) is 3.95.